The fourth-order valence-corrected chi connectivity index (χ4v) is 2.76. The number of anilines is 1. The summed E-state index contributed by atoms with van der Waals surface area (Å²) in [6, 6.07) is 8.03. The molecule has 0 aliphatic rings. The topological polar surface area (TPSA) is 46.2 Å². The highest BCUT2D eigenvalue weighted by Gasteiger charge is 2.10. The lowest BCUT2D eigenvalue weighted by Gasteiger charge is -2.15. The third-order valence-corrected chi connectivity index (χ3v) is 3.62. The van der Waals surface area contributed by atoms with Crippen LogP contribution in [0.15, 0.2) is 24.3 Å². The smallest absolute Gasteiger partial charge is 0.149 e. The van der Waals surface area contributed by atoms with Crippen LogP contribution in [0.2, 0.25) is 0 Å². The van der Waals surface area contributed by atoms with Crippen LogP contribution >= 0.6 is 0 Å². The van der Waals surface area contributed by atoms with Crippen LogP contribution < -0.4 is 5.32 Å². The normalized spacial score (nSPS) is 13.7. The van der Waals surface area contributed by atoms with E-state index in [0.29, 0.717) is 5.92 Å². The summed E-state index contributed by atoms with van der Waals surface area (Å²) in [7, 11) is -2.93. The van der Waals surface area contributed by atoms with Crippen LogP contribution in [0.5, 0.6) is 0 Å². The van der Waals surface area contributed by atoms with Crippen molar-refractivity contribution in [1.29, 1.82) is 0 Å². The Bertz CT molecular complexity index is 466. The molecular formula is C13H21NO2S. The lowest BCUT2D eigenvalue weighted by atomic mass is 10.0. The van der Waals surface area contributed by atoms with Crippen LogP contribution in [0.3, 0.4) is 0 Å². The summed E-state index contributed by atoms with van der Waals surface area (Å²) in [5.74, 6) is 0.626. The standard InChI is InChI=1S/C13H21NO2S/c1-10(2)12-6-5-7-13(8-12)14-11(3)9-17(4,15)16/h5-8,10-11,14H,9H2,1-4H3. The van der Waals surface area contributed by atoms with Gasteiger partial charge in [0.2, 0.25) is 0 Å². The minimum Gasteiger partial charge on any atom is -0.382 e. The third-order valence-electron chi connectivity index (χ3n) is 2.52. The molecule has 0 aliphatic heterocycles. The number of nitrogens with one attached hydrogen (secondary N) is 1. The Morgan fingerprint density at radius 1 is 1.24 bits per heavy atom. The molecule has 4 heteroatoms. The second-order valence-electron chi connectivity index (χ2n) is 4.92. The molecule has 1 rings (SSSR count). The van der Waals surface area contributed by atoms with Crippen LogP contribution in [0, 0.1) is 0 Å². The number of sulfone groups is 1. The van der Waals surface area contributed by atoms with Crippen LogP contribution in [-0.4, -0.2) is 26.5 Å². The van der Waals surface area contributed by atoms with E-state index < -0.39 is 9.84 Å². The molecule has 0 fully saturated rings. The fourth-order valence-electron chi connectivity index (χ4n) is 1.77. The van der Waals surface area contributed by atoms with Crippen molar-refractivity contribution < 1.29 is 8.42 Å². The minimum absolute atomic E-state index is 0.0765. The minimum atomic E-state index is -2.93. The van der Waals surface area contributed by atoms with Crippen molar-refractivity contribution in [1.82, 2.24) is 0 Å². The Morgan fingerprint density at radius 2 is 1.88 bits per heavy atom. The van der Waals surface area contributed by atoms with Gasteiger partial charge in [0.05, 0.1) is 5.75 Å². The average Bonchev–Trinajstić information content (AvgIpc) is 2.14. The van der Waals surface area contributed by atoms with E-state index in [2.05, 4.69) is 31.3 Å². The van der Waals surface area contributed by atoms with E-state index in [1.165, 1.54) is 11.8 Å². The van der Waals surface area contributed by atoms with Gasteiger partial charge in [-0.1, -0.05) is 26.0 Å². The molecule has 0 heterocycles. The van der Waals surface area contributed by atoms with Gasteiger partial charge < -0.3 is 5.32 Å². The summed E-state index contributed by atoms with van der Waals surface area (Å²) in [6.07, 6.45) is 1.26. The van der Waals surface area contributed by atoms with Gasteiger partial charge in [0, 0.05) is 18.0 Å². The molecule has 0 saturated heterocycles. The molecule has 1 aromatic carbocycles. The second-order valence-corrected chi connectivity index (χ2v) is 7.10. The number of rotatable bonds is 5. The summed E-state index contributed by atoms with van der Waals surface area (Å²) in [5, 5.41) is 3.21. The molecule has 0 saturated carbocycles. The van der Waals surface area contributed by atoms with E-state index in [1.54, 1.807) is 0 Å². The Labute approximate surface area is 104 Å². The molecular weight excluding hydrogens is 234 g/mol. The van der Waals surface area contributed by atoms with Gasteiger partial charge in [-0.15, -0.1) is 0 Å². The first kappa shape index (κ1) is 14.0. The van der Waals surface area contributed by atoms with E-state index in [9.17, 15) is 8.42 Å². The van der Waals surface area contributed by atoms with Crippen LogP contribution in [0.4, 0.5) is 5.69 Å². The van der Waals surface area contributed by atoms with Gasteiger partial charge >= 0.3 is 0 Å². The maximum absolute atomic E-state index is 11.2. The van der Waals surface area contributed by atoms with Crippen molar-refractivity contribution in [2.45, 2.75) is 32.7 Å². The highest BCUT2D eigenvalue weighted by atomic mass is 32.2. The molecule has 1 atom stereocenters. The number of hydrogen-bond acceptors (Lipinski definition) is 3. The largest absolute Gasteiger partial charge is 0.382 e. The van der Waals surface area contributed by atoms with Crippen molar-refractivity contribution in [3.05, 3.63) is 29.8 Å². The zero-order valence-corrected chi connectivity index (χ0v) is 11.7. The van der Waals surface area contributed by atoms with Crippen LogP contribution in [0.25, 0.3) is 0 Å². The van der Waals surface area contributed by atoms with Gasteiger partial charge in [-0.25, -0.2) is 8.42 Å². The van der Waals surface area contributed by atoms with Crippen molar-refractivity contribution in [2.24, 2.45) is 0 Å². The van der Waals surface area contributed by atoms with E-state index in [4.69, 9.17) is 0 Å². The van der Waals surface area contributed by atoms with Gasteiger partial charge in [0.1, 0.15) is 9.84 Å². The van der Waals surface area contributed by atoms with Crippen molar-refractivity contribution in [2.75, 3.05) is 17.3 Å². The molecule has 0 bridgehead atoms. The highest BCUT2D eigenvalue weighted by Crippen LogP contribution is 2.19. The Balaban J connectivity index is 2.72. The first-order valence-electron chi connectivity index (χ1n) is 5.82. The lowest BCUT2D eigenvalue weighted by Crippen LogP contribution is -2.25. The predicted octanol–water partition coefficient (Wildman–Crippen LogP) is 2.66. The molecule has 3 nitrogen and oxygen atoms in total. The Hall–Kier alpha value is -1.03. The molecule has 0 aliphatic carbocycles. The Morgan fingerprint density at radius 3 is 2.41 bits per heavy atom. The highest BCUT2D eigenvalue weighted by molar-refractivity contribution is 7.90. The lowest BCUT2D eigenvalue weighted by molar-refractivity contribution is 0.598. The molecule has 1 aromatic rings. The van der Waals surface area contributed by atoms with Crippen LogP contribution in [0.1, 0.15) is 32.3 Å². The van der Waals surface area contributed by atoms with Crippen molar-refractivity contribution in [3.63, 3.8) is 0 Å². The maximum atomic E-state index is 11.2. The first-order chi connectivity index (χ1) is 7.78. The molecule has 96 valence electrons. The fraction of sp³-hybridized carbons (Fsp3) is 0.538. The maximum Gasteiger partial charge on any atom is 0.149 e. The van der Waals surface area contributed by atoms with E-state index >= 15 is 0 Å². The monoisotopic (exact) mass is 255 g/mol. The quantitative estimate of drug-likeness (QED) is 0.880. The summed E-state index contributed by atoms with van der Waals surface area (Å²) >= 11 is 0. The first-order valence-corrected chi connectivity index (χ1v) is 7.88. The number of hydrogen-bond donors (Lipinski definition) is 1. The molecule has 17 heavy (non-hydrogen) atoms. The molecule has 0 radical (unpaired) electrons. The molecule has 0 aromatic heterocycles. The predicted molar refractivity (Wildman–Crippen MR) is 73.3 cm³/mol. The van der Waals surface area contributed by atoms with Gasteiger partial charge in [0.15, 0.2) is 0 Å². The zero-order valence-electron chi connectivity index (χ0n) is 10.9. The van der Waals surface area contributed by atoms with Gasteiger partial charge in [-0.3, -0.25) is 0 Å². The van der Waals surface area contributed by atoms with Crippen molar-refractivity contribution in [3.8, 4) is 0 Å². The zero-order chi connectivity index (χ0) is 13.1. The van der Waals surface area contributed by atoms with E-state index in [0.717, 1.165) is 5.69 Å². The molecule has 1 N–H and O–H groups in total. The summed E-state index contributed by atoms with van der Waals surface area (Å²) in [4.78, 5) is 0. The molecule has 0 spiro atoms. The van der Waals surface area contributed by atoms with Gasteiger partial charge in [-0.05, 0) is 30.5 Å². The SMILES string of the molecule is CC(CS(C)(=O)=O)Nc1cccc(C(C)C)c1. The van der Waals surface area contributed by atoms with Gasteiger partial charge in [0.25, 0.3) is 0 Å². The summed E-state index contributed by atoms with van der Waals surface area (Å²) in [6.45, 7) is 6.15. The third kappa shape index (κ3) is 5.22. The Kier molecular flexibility index (Phi) is 4.57. The van der Waals surface area contributed by atoms with E-state index in [1.807, 2.05) is 19.1 Å². The second kappa shape index (κ2) is 5.54. The van der Waals surface area contributed by atoms with Crippen molar-refractivity contribution >= 4 is 15.5 Å². The van der Waals surface area contributed by atoms with E-state index in [-0.39, 0.29) is 11.8 Å². The van der Waals surface area contributed by atoms with Crippen LogP contribution in [-0.2, 0) is 9.84 Å². The molecule has 1 unspecified atom stereocenters. The van der Waals surface area contributed by atoms with Gasteiger partial charge in [-0.2, -0.15) is 0 Å². The summed E-state index contributed by atoms with van der Waals surface area (Å²) < 4.78 is 22.3. The number of benzene rings is 1. The summed E-state index contributed by atoms with van der Waals surface area (Å²) in [5.41, 5.74) is 2.23. The average molecular weight is 255 g/mol. The molecule has 0 amide bonds.